The Morgan fingerprint density at radius 1 is 1.08 bits per heavy atom. The molecule has 1 fully saturated rings. The van der Waals surface area contributed by atoms with Crippen LogP contribution in [-0.4, -0.2) is 40.0 Å². The van der Waals surface area contributed by atoms with Crippen molar-refractivity contribution in [3.8, 4) is 0 Å². The highest BCUT2D eigenvalue weighted by Gasteiger charge is 2.27. The number of hydrogen-bond acceptors (Lipinski definition) is 5. The zero-order valence-electron chi connectivity index (χ0n) is 20.2. The van der Waals surface area contributed by atoms with Gasteiger partial charge in [-0.25, -0.2) is 4.39 Å². The number of rotatable bonds is 7. The molecule has 36 heavy (non-hydrogen) atoms. The Bertz CT molecular complexity index is 1400. The number of H-pyrrole nitrogens is 1. The van der Waals surface area contributed by atoms with Gasteiger partial charge in [0.15, 0.2) is 0 Å². The van der Waals surface area contributed by atoms with E-state index in [0.29, 0.717) is 32.0 Å². The maximum atomic E-state index is 14.3. The minimum atomic E-state index is -0.909. The second-order valence-corrected chi connectivity index (χ2v) is 10.7. The van der Waals surface area contributed by atoms with Gasteiger partial charge in [-0.2, -0.15) is 5.10 Å². The highest BCUT2D eigenvalue weighted by Crippen LogP contribution is 2.31. The van der Waals surface area contributed by atoms with Gasteiger partial charge in [-0.05, 0) is 69.6 Å². The fourth-order valence-corrected chi connectivity index (χ4v) is 5.44. The molecule has 2 amide bonds. The summed E-state index contributed by atoms with van der Waals surface area (Å²) in [5.74, 6) is -0.541. The Morgan fingerprint density at radius 2 is 1.81 bits per heavy atom. The molecule has 0 unspecified atom stereocenters. The molecule has 0 bridgehead atoms. The van der Waals surface area contributed by atoms with Crippen molar-refractivity contribution in [1.82, 2.24) is 20.4 Å². The first-order valence-corrected chi connectivity index (χ1v) is 12.8. The highest BCUT2D eigenvalue weighted by atomic mass is 32.1. The van der Waals surface area contributed by atoms with E-state index in [2.05, 4.69) is 25.7 Å². The van der Waals surface area contributed by atoms with E-state index in [9.17, 15) is 14.0 Å². The van der Waals surface area contributed by atoms with E-state index in [0.717, 1.165) is 19.6 Å². The molecular weight excluding hydrogens is 477 g/mol. The lowest BCUT2D eigenvalue weighted by atomic mass is 9.93. The molecule has 2 aromatic heterocycles. The van der Waals surface area contributed by atoms with Crippen LogP contribution in [0.5, 0.6) is 0 Å². The van der Waals surface area contributed by atoms with E-state index in [4.69, 9.17) is 0 Å². The number of anilines is 1. The van der Waals surface area contributed by atoms with Crippen molar-refractivity contribution in [2.75, 3.05) is 18.4 Å². The number of carbonyl (C=O) groups is 2. The SMILES string of the molecule is CC(C)(NC(=O)c1cc2c(NC(=O)c3ccc(CN4CCCC4)cc3)[nH]nc2s1)c1ccccc1F. The third-order valence-corrected chi connectivity index (χ3v) is 7.54. The molecular formula is C27H28FN5O2S. The average molecular weight is 506 g/mol. The minimum absolute atomic E-state index is 0.258. The molecule has 5 rings (SSSR count). The number of halogens is 1. The first-order chi connectivity index (χ1) is 17.3. The summed E-state index contributed by atoms with van der Waals surface area (Å²) in [7, 11) is 0. The number of fused-ring (bicyclic) bond motifs is 1. The number of carbonyl (C=O) groups excluding carboxylic acids is 2. The monoisotopic (exact) mass is 505 g/mol. The molecule has 3 N–H and O–H groups in total. The molecule has 2 aromatic carbocycles. The fraction of sp³-hybridized carbons (Fsp3) is 0.296. The van der Waals surface area contributed by atoms with Gasteiger partial charge in [-0.1, -0.05) is 30.3 Å². The first-order valence-electron chi connectivity index (χ1n) is 12.0. The van der Waals surface area contributed by atoms with Gasteiger partial charge in [0.1, 0.15) is 16.5 Å². The third kappa shape index (κ3) is 5.03. The summed E-state index contributed by atoms with van der Waals surface area (Å²) in [4.78, 5) is 29.3. The largest absolute Gasteiger partial charge is 0.342 e. The molecule has 0 radical (unpaired) electrons. The van der Waals surface area contributed by atoms with Gasteiger partial charge >= 0.3 is 0 Å². The maximum absolute atomic E-state index is 14.3. The van der Waals surface area contributed by atoms with Crippen LogP contribution in [0.3, 0.4) is 0 Å². The van der Waals surface area contributed by atoms with Crippen LogP contribution in [0.15, 0.2) is 54.6 Å². The molecule has 1 aliphatic heterocycles. The van der Waals surface area contributed by atoms with Crippen LogP contribution in [-0.2, 0) is 12.1 Å². The Labute approximate surface area is 212 Å². The lowest BCUT2D eigenvalue weighted by Gasteiger charge is -2.27. The van der Waals surface area contributed by atoms with Crippen molar-refractivity contribution in [2.24, 2.45) is 0 Å². The molecule has 0 aliphatic carbocycles. The van der Waals surface area contributed by atoms with Gasteiger partial charge in [0.2, 0.25) is 0 Å². The summed E-state index contributed by atoms with van der Waals surface area (Å²) in [5.41, 5.74) is 1.22. The second-order valence-electron chi connectivity index (χ2n) is 9.62. The predicted molar refractivity (Wildman–Crippen MR) is 140 cm³/mol. The number of likely N-dealkylation sites (tertiary alicyclic amines) is 1. The van der Waals surface area contributed by atoms with Crippen LogP contribution in [0.2, 0.25) is 0 Å². The molecule has 1 saturated heterocycles. The number of benzene rings is 2. The molecule has 186 valence electrons. The molecule has 0 atom stereocenters. The van der Waals surface area contributed by atoms with Crippen LogP contribution in [0.4, 0.5) is 10.2 Å². The summed E-state index contributed by atoms with van der Waals surface area (Å²) in [6.07, 6.45) is 2.49. The van der Waals surface area contributed by atoms with Crippen molar-refractivity contribution >= 4 is 39.2 Å². The predicted octanol–water partition coefficient (Wildman–Crippen LogP) is 5.28. The number of thiophene rings is 1. The highest BCUT2D eigenvalue weighted by molar-refractivity contribution is 7.20. The Hall–Kier alpha value is -3.56. The molecule has 7 nitrogen and oxygen atoms in total. The summed E-state index contributed by atoms with van der Waals surface area (Å²) in [5, 5.41) is 13.5. The number of nitrogens with one attached hydrogen (secondary N) is 3. The Morgan fingerprint density at radius 3 is 2.53 bits per heavy atom. The zero-order chi connectivity index (χ0) is 25.3. The molecule has 0 saturated carbocycles. The second kappa shape index (κ2) is 9.83. The molecule has 0 spiro atoms. The van der Waals surface area contributed by atoms with E-state index < -0.39 is 5.54 Å². The minimum Gasteiger partial charge on any atom is -0.342 e. The Balaban J connectivity index is 1.27. The van der Waals surface area contributed by atoms with Gasteiger partial charge in [-0.3, -0.25) is 19.6 Å². The van der Waals surface area contributed by atoms with Gasteiger partial charge in [0.05, 0.1) is 15.8 Å². The third-order valence-electron chi connectivity index (χ3n) is 6.51. The smallest absolute Gasteiger partial charge is 0.262 e. The molecule has 3 heterocycles. The summed E-state index contributed by atoms with van der Waals surface area (Å²) in [6, 6.07) is 15.7. The fourth-order valence-electron chi connectivity index (χ4n) is 4.54. The van der Waals surface area contributed by atoms with E-state index >= 15 is 0 Å². The van der Waals surface area contributed by atoms with Crippen molar-refractivity contribution in [2.45, 2.75) is 38.8 Å². The van der Waals surface area contributed by atoms with Gasteiger partial charge in [0.25, 0.3) is 11.8 Å². The number of hydrogen-bond donors (Lipinski definition) is 3. The van der Waals surface area contributed by atoms with Crippen molar-refractivity contribution in [3.05, 3.63) is 82.0 Å². The van der Waals surface area contributed by atoms with E-state index in [1.807, 2.05) is 24.3 Å². The normalized spacial score (nSPS) is 14.3. The molecule has 4 aromatic rings. The van der Waals surface area contributed by atoms with Gasteiger partial charge in [0, 0.05) is 17.7 Å². The lowest BCUT2D eigenvalue weighted by molar-refractivity contribution is 0.0914. The lowest BCUT2D eigenvalue weighted by Crippen LogP contribution is -2.41. The van der Waals surface area contributed by atoms with Crippen LogP contribution in [0.1, 0.15) is 57.8 Å². The first kappa shape index (κ1) is 24.1. The number of aromatic amines is 1. The standard InChI is InChI=1S/C27H28FN5O2S/c1-27(2,20-7-3-4-8-21(20)28)30-25(35)22-15-19-23(31-32-26(19)36-22)29-24(34)18-11-9-17(10-12-18)16-33-13-5-6-14-33/h3-4,7-12,15H,5-6,13-14,16H2,1-2H3,(H,30,35)(H2,29,31,32,34). The number of amides is 2. The van der Waals surface area contributed by atoms with Crippen LogP contribution >= 0.6 is 11.3 Å². The molecule has 9 heteroatoms. The average Bonchev–Trinajstić information content (AvgIpc) is 3.59. The molecule has 1 aliphatic rings. The summed E-state index contributed by atoms with van der Waals surface area (Å²) < 4.78 is 14.3. The number of aromatic nitrogens is 2. The van der Waals surface area contributed by atoms with E-state index in [1.165, 1.54) is 35.8 Å². The van der Waals surface area contributed by atoms with Crippen LogP contribution < -0.4 is 10.6 Å². The quantitative estimate of drug-likeness (QED) is 0.319. The maximum Gasteiger partial charge on any atom is 0.262 e. The van der Waals surface area contributed by atoms with Crippen molar-refractivity contribution in [3.63, 3.8) is 0 Å². The van der Waals surface area contributed by atoms with Crippen molar-refractivity contribution in [1.29, 1.82) is 0 Å². The topological polar surface area (TPSA) is 90.1 Å². The van der Waals surface area contributed by atoms with Gasteiger partial charge in [-0.15, -0.1) is 11.3 Å². The van der Waals surface area contributed by atoms with Gasteiger partial charge < -0.3 is 10.6 Å². The zero-order valence-corrected chi connectivity index (χ0v) is 21.0. The van der Waals surface area contributed by atoms with Crippen LogP contribution in [0.25, 0.3) is 10.2 Å². The number of nitrogens with zero attached hydrogens (tertiary/aromatic N) is 2. The van der Waals surface area contributed by atoms with E-state index in [1.54, 1.807) is 38.1 Å². The summed E-state index contributed by atoms with van der Waals surface area (Å²) >= 11 is 1.20. The van der Waals surface area contributed by atoms with Crippen molar-refractivity contribution < 1.29 is 14.0 Å². The Kier molecular flexibility index (Phi) is 6.59. The van der Waals surface area contributed by atoms with Crippen LogP contribution in [0, 0.1) is 5.82 Å². The summed E-state index contributed by atoms with van der Waals surface area (Å²) in [6.45, 7) is 6.66. The van der Waals surface area contributed by atoms with E-state index in [-0.39, 0.29) is 17.6 Å².